The molecule has 11 heteroatoms. The minimum atomic E-state index is -0.845. The summed E-state index contributed by atoms with van der Waals surface area (Å²) < 4.78 is 13.3. The Balaban J connectivity index is 1.01. The van der Waals surface area contributed by atoms with Gasteiger partial charge in [0.1, 0.15) is 5.54 Å². The molecule has 0 aliphatic carbocycles. The summed E-state index contributed by atoms with van der Waals surface area (Å²) in [5.41, 5.74) is 6.33. The van der Waals surface area contributed by atoms with Crippen LogP contribution in [0.3, 0.4) is 0 Å². The van der Waals surface area contributed by atoms with Gasteiger partial charge in [0.05, 0.1) is 25.5 Å². The zero-order valence-corrected chi connectivity index (χ0v) is 31.1. The third-order valence-electron chi connectivity index (χ3n) is 11.1. The number of benzene rings is 4. The summed E-state index contributed by atoms with van der Waals surface area (Å²) in [6.07, 6.45) is 2.65. The van der Waals surface area contributed by atoms with Gasteiger partial charge in [0, 0.05) is 56.7 Å². The van der Waals surface area contributed by atoms with E-state index in [-0.39, 0.29) is 37.0 Å². The van der Waals surface area contributed by atoms with Crippen LogP contribution < -0.4 is 15.5 Å². The van der Waals surface area contributed by atoms with Crippen molar-refractivity contribution in [2.24, 2.45) is 0 Å². The van der Waals surface area contributed by atoms with E-state index in [0.717, 1.165) is 71.5 Å². The molecule has 1 spiro atoms. The minimum absolute atomic E-state index is 0.0174. The van der Waals surface area contributed by atoms with Crippen molar-refractivity contribution in [3.05, 3.63) is 125 Å². The summed E-state index contributed by atoms with van der Waals surface area (Å²) in [5, 5.41) is 24.5. The number of anilines is 1. The number of amides is 2. The summed E-state index contributed by atoms with van der Waals surface area (Å²) in [6, 6.07) is 34.3. The first kappa shape index (κ1) is 38.2. The third-order valence-corrected chi connectivity index (χ3v) is 11.1. The highest BCUT2D eigenvalue weighted by Gasteiger charge is 2.50. The van der Waals surface area contributed by atoms with Crippen LogP contribution in [0.1, 0.15) is 79.6 Å². The monoisotopic (exact) mass is 746 g/mol. The zero-order valence-electron chi connectivity index (χ0n) is 31.1. The first-order chi connectivity index (χ1) is 26.8. The minimum Gasteiger partial charge on any atom is -0.481 e. The number of para-hydroxylation sites is 1. The van der Waals surface area contributed by atoms with E-state index >= 15 is 0 Å². The van der Waals surface area contributed by atoms with Gasteiger partial charge in [0.25, 0.3) is 0 Å². The molecule has 11 nitrogen and oxygen atoms in total. The molecule has 3 aliphatic rings. The molecule has 2 amide bonds. The van der Waals surface area contributed by atoms with Crippen molar-refractivity contribution in [3.63, 3.8) is 0 Å². The Bertz CT molecular complexity index is 1910. The molecule has 3 fully saturated rings. The number of rotatable bonds is 14. The molecule has 0 aromatic heterocycles. The van der Waals surface area contributed by atoms with E-state index < -0.39 is 17.8 Å². The second-order valence-corrected chi connectivity index (χ2v) is 14.8. The average molecular weight is 747 g/mol. The highest BCUT2D eigenvalue weighted by atomic mass is 16.7. The number of unbranched alkanes of at least 4 members (excludes halogenated alkanes) is 1. The molecule has 0 unspecified atom stereocenters. The maximum Gasteiger partial charge on any atom is 0.303 e. The molecular weight excluding hydrogens is 697 g/mol. The molecule has 4 aromatic rings. The van der Waals surface area contributed by atoms with Gasteiger partial charge in [-0.05, 0) is 71.7 Å². The van der Waals surface area contributed by atoms with Crippen LogP contribution in [0.2, 0.25) is 0 Å². The molecular formula is C44H50N4O7. The number of carboxylic acid groups (broad SMARTS) is 1. The number of aliphatic hydroxyl groups is 1. The van der Waals surface area contributed by atoms with E-state index in [0.29, 0.717) is 38.9 Å². The van der Waals surface area contributed by atoms with Gasteiger partial charge in [-0.1, -0.05) is 84.9 Å². The molecule has 4 N–H and O–H groups in total. The van der Waals surface area contributed by atoms with Crippen molar-refractivity contribution in [1.82, 2.24) is 15.5 Å². The largest absolute Gasteiger partial charge is 0.481 e. The van der Waals surface area contributed by atoms with Gasteiger partial charge in [-0.25, -0.2) is 0 Å². The van der Waals surface area contributed by atoms with Gasteiger partial charge in [-0.15, -0.1) is 0 Å². The van der Waals surface area contributed by atoms with Crippen molar-refractivity contribution in [3.8, 4) is 11.1 Å². The molecule has 3 heterocycles. The number of carbonyl (C=O) groups is 3. The number of nitrogens with zero attached hydrogens (tertiary/aromatic N) is 2. The number of ether oxygens (including phenoxy) is 2. The van der Waals surface area contributed by atoms with Crippen molar-refractivity contribution in [2.45, 2.75) is 82.1 Å². The smallest absolute Gasteiger partial charge is 0.303 e. The molecule has 4 aromatic carbocycles. The number of piperidine rings is 1. The Morgan fingerprint density at radius 1 is 0.818 bits per heavy atom. The normalized spacial score (nSPS) is 21.0. The number of carboxylic acids is 1. The summed E-state index contributed by atoms with van der Waals surface area (Å²) >= 11 is 0. The van der Waals surface area contributed by atoms with Crippen LogP contribution in [0.5, 0.6) is 0 Å². The molecule has 0 radical (unpaired) electrons. The first-order valence-electron chi connectivity index (χ1n) is 19.3. The molecule has 288 valence electrons. The lowest BCUT2D eigenvalue weighted by atomic mass is 9.85. The fourth-order valence-corrected chi connectivity index (χ4v) is 8.00. The highest BCUT2D eigenvalue weighted by molar-refractivity contribution is 5.93. The standard InChI is InChI=1S/C44H50N4O7/c49-29-31-13-15-34(16-14-31)39-26-38(28-47-23-21-44(22-24-47)43(53)46-30-48(44)37-9-2-1-3-10-37)54-42(55-39)35-19-17-33(18-20-35)36-8-6-7-32(25-36)27-45-40(50)11-4-5-12-41(51)52/h1-3,6-10,13-20,25,38-39,42,49H,4-5,11-12,21-24,26-30H2,(H,45,50)(H,46,53)(H,51,52)/t38-,39+,42+/m0/s1. The van der Waals surface area contributed by atoms with E-state index in [1.165, 1.54) is 0 Å². The molecule has 3 saturated heterocycles. The number of hydrogen-bond acceptors (Lipinski definition) is 8. The van der Waals surface area contributed by atoms with E-state index in [2.05, 4.69) is 50.8 Å². The van der Waals surface area contributed by atoms with E-state index in [1.54, 1.807) is 0 Å². The van der Waals surface area contributed by atoms with E-state index in [9.17, 15) is 19.5 Å². The van der Waals surface area contributed by atoms with Crippen molar-refractivity contribution in [2.75, 3.05) is 31.2 Å². The van der Waals surface area contributed by atoms with Crippen LogP contribution in [-0.4, -0.2) is 70.8 Å². The summed E-state index contributed by atoms with van der Waals surface area (Å²) in [4.78, 5) is 40.9. The SMILES string of the molecule is O=C(O)CCCCC(=O)NCc1cccc(-c2ccc([C@@H]3O[C@H](CN4CCC5(CC4)C(=O)NCN5c4ccccc4)C[C@H](c4ccc(CO)cc4)O3)cc2)c1. The second kappa shape index (κ2) is 17.6. The lowest BCUT2D eigenvalue weighted by Crippen LogP contribution is -2.57. The van der Waals surface area contributed by atoms with Gasteiger partial charge < -0.3 is 40.1 Å². The molecule has 3 atom stereocenters. The van der Waals surface area contributed by atoms with Crippen molar-refractivity contribution < 1.29 is 34.1 Å². The lowest BCUT2D eigenvalue weighted by molar-refractivity contribution is -0.253. The number of nitrogens with one attached hydrogen (secondary N) is 2. The molecule has 7 rings (SSSR count). The fourth-order valence-electron chi connectivity index (χ4n) is 8.00. The Hall–Kier alpha value is -5.07. The van der Waals surface area contributed by atoms with E-state index in [1.807, 2.05) is 72.8 Å². The fraction of sp³-hybridized carbons (Fsp3) is 0.386. The van der Waals surface area contributed by atoms with Crippen LogP contribution in [0.4, 0.5) is 5.69 Å². The van der Waals surface area contributed by atoms with Crippen LogP contribution >= 0.6 is 0 Å². The number of aliphatic carboxylic acids is 1. The van der Waals surface area contributed by atoms with Gasteiger partial charge in [-0.2, -0.15) is 0 Å². The Kier molecular flexibility index (Phi) is 12.2. The van der Waals surface area contributed by atoms with Crippen LogP contribution in [-0.2, 0) is 37.0 Å². The number of likely N-dealkylation sites (tertiary alicyclic amines) is 1. The second-order valence-electron chi connectivity index (χ2n) is 14.8. The lowest BCUT2D eigenvalue weighted by Gasteiger charge is -2.45. The zero-order chi connectivity index (χ0) is 38.2. The van der Waals surface area contributed by atoms with Gasteiger partial charge >= 0.3 is 5.97 Å². The predicted molar refractivity (Wildman–Crippen MR) is 209 cm³/mol. The molecule has 3 aliphatic heterocycles. The van der Waals surface area contributed by atoms with E-state index in [4.69, 9.17) is 14.6 Å². The van der Waals surface area contributed by atoms with Gasteiger partial charge in [0.2, 0.25) is 11.8 Å². The Morgan fingerprint density at radius 3 is 2.27 bits per heavy atom. The Labute approximate surface area is 322 Å². The van der Waals surface area contributed by atoms with Crippen LogP contribution in [0, 0.1) is 0 Å². The maximum atomic E-state index is 13.3. The number of hydrogen-bond donors (Lipinski definition) is 4. The maximum absolute atomic E-state index is 13.3. The molecule has 55 heavy (non-hydrogen) atoms. The first-order valence-corrected chi connectivity index (χ1v) is 19.3. The Morgan fingerprint density at radius 2 is 1.55 bits per heavy atom. The summed E-state index contributed by atoms with van der Waals surface area (Å²) in [6.45, 7) is 3.18. The quantitative estimate of drug-likeness (QED) is 0.113. The van der Waals surface area contributed by atoms with Crippen molar-refractivity contribution >= 4 is 23.5 Å². The third kappa shape index (κ3) is 9.25. The summed E-state index contributed by atoms with van der Waals surface area (Å²) in [7, 11) is 0. The topological polar surface area (TPSA) is 141 Å². The number of aliphatic hydroxyl groups excluding tert-OH is 1. The molecule has 0 saturated carbocycles. The van der Waals surface area contributed by atoms with Crippen LogP contribution in [0.15, 0.2) is 103 Å². The van der Waals surface area contributed by atoms with Crippen LogP contribution in [0.25, 0.3) is 11.1 Å². The highest BCUT2D eigenvalue weighted by Crippen LogP contribution is 2.40. The van der Waals surface area contributed by atoms with Gasteiger partial charge in [0.15, 0.2) is 6.29 Å². The predicted octanol–water partition coefficient (Wildman–Crippen LogP) is 6.08. The number of carbonyl (C=O) groups excluding carboxylic acids is 2. The average Bonchev–Trinajstić information content (AvgIpc) is 3.54. The summed E-state index contributed by atoms with van der Waals surface area (Å²) in [5.74, 6) is -0.829. The van der Waals surface area contributed by atoms with Crippen molar-refractivity contribution in [1.29, 1.82) is 0 Å². The molecule has 0 bridgehead atoms. The van der Waals surface area contributed by atoms with Gasteiger partial charge in [-0.3, -0.25) is 14.4 Å².